The monoisotopic (exact) mass is 646 g/mol. The van der Waals surface area contributed by atoms with Crippen molar-refractivity contribution in [2.75, 3.05) is 12.3 Å². The molecule has 0 radical (unpaired) electrons. The Balaban J connectivity index is 1.61. The van der Waals surface area contributed by atoms with Gasteiger partial charge < -0.3 is 20.4 Å². The van der Waals surface area contributed by atoms with Crippen LogP contribution in [0.25, 0.3) is 56.5 Å². The number of fused-ring (bicyclic) bond motifs is 8. The number of amidine groups is 1. The van der Waals surface area contributed by atoms with Gasteiger partial charge in [-0.2, -0.15) is 0 Å². The van der Waals surface area contributed by atoms with Crippen molar-refractivity contribution < 1.29 is 14.7 Å². The molecule has 3 aliphatic heterocycles. The molecule has 3 aliphatic rings. The number of carboxylic acids is 1. The van der Waals surface area contributed by atoms with E-state index in [1.54, 1.807) is 11.8 Å². The predicted octanol–water partition coefficient (Wildman–Crippen LogP) is 7.94. The van der Waals surface area contributed by atoms with E-state index in [-0.39, 0.29) is 18.7 Å². The highest BCUT2D eigenvalue weighted by Gasteiger charge is 2.23. The van der Waals surface area contributed by atoms with Crippen molar-refractivity contribution in [3.05, 3.63) is 82.5 Å². The second-order valence-corrected chi connectivity index (χ2v) is 13.0. The number of aromatic amines is 2. The van der Waals surface area contributed by atoms with Gasteiger partial charge >= 0.3 is 5.97 Å². The Kier molecular flexibility index (Phi) is 8.88. The van der Waals surface area contributed by atoms with Gasteiger partial charge in [0.1, 0.15) is 0 Å². The molecule has 9 nitrogen and oxygen atoms in total. The van der Waals surface area contributed by atoms with Crippen LogP contribution in [0.2, 0.25) is 0 Å². The number of hydrogen-bond donors (Lipinski definition) is 4. The van der Waals surface area contributed by atoms with Gasteiger partial charge in [-0.3, -0.25) is 14.6 Å². The van der Waals surface area contributed by atoms with Gasteiger partial charge in [-0.15, -0.1) is 0 Å². The number of aliphatic imine (C=N–C) groups is 1. The summed E-state index contributed by atoms with van der Waals surface area (Å²) in [5.41, 5.74) is 14.3. The molecule has 8 bridgehead atoms. The highest BCUT2D eigenvalue weighted by atomic mass is 32.2. The van der Waals surface area contributed by atoms with Gasteiger partial charge in [0.15, 0.2) is 5.17 Å². The zero-order valence-electron chi connectivity index (χ0n) is 27.1. The first-order valence-corrected chi connectivity index (χ1v) is 16.7. The van der Waals surface area contributed by atoms with Crippen molar-refractivity contribution in [3.8, 4) is 0 Å². The summed E-state index contributed by atoms with van der Waals surface area (Å²) in [5.74, 6) is -0.0888. The Labute approximate surface area is 277 Å². The van der Waals surface area contributed by atoms with E-state index in [4.69, 9.17) is 9.97 Å². The number of carbonyl (C=O) groups is 2. The van der Waals surface area contributed by atoms with Crippen molar-refractivity contribution in [2.24, 2.45) is 4.99 Å². The first kappa shape index (κ1) is 32.0. The third-order valence-electron chi connectivity index (χ3n) is 9.06. The number of allylic oxidation sites excluding steroid dienone is 4. The lowest BCUT2D eigenvalue weighted by Gasteiger charge is -2.07. The summed E-state index contributed by atoms with van der Waals surface area (Å²) < 4.78 is 0. The molecule has 6 heterocycles. The fraction of sp³-hybridized carbons (Fsp3) is 0.270. The summed E-state index contributed by atoms with van der Waals surface area (Å²) in [7, 11) is 0. The number of hydrogen-bond acceptors (Lipinski definition) is 6. The average Bonchev–Trinajstić information content (AvgIpc) is 3.82. The zero-order chi connectivity index (χ0) is 33.4. The summed E-state index contributed by atoms with van der Waals surface area (Å²) in [6, 6.07) is 8.07. The second-order valence-electron chi connectivity index (χ2n) is 11.9. The topological polar surface area (TPSA) is 136 Å². The fourth-order valence-corrected chi connectivity index (χ4v) is 7.11. The molecule has 3 aromatic rings. The van der Waals surface area contributed by atoms with E-state index in [1.165, 1.54) is 0 Å². The van der Waals surface area contributed by atoms with Crippen LogP contribution in [-0.2, 0) is 9.59 Å². The van der Waals surface area contributed by atoms with E-state index in [9.17, 15) is 14.7 Å². The molecule has 6 rings (SSSR count). The van der Waals surface area contributed by atoms with Crippen LogP contribution >= 0.6 is 11.8 Å². The van der Waals surface area contributed by atoms with Gasteiger partial charge in [0.05, 0.1) is 29.3 Å². The number of aryl methyl sites for hydroxylation is 2. The molecule has 10 heteroatoms. The smallest absolute Gasteiger partial charge is 0.303 e. The summed E-state index contributed by atoms with van der Waals surface area (Å²) in [4.78, 5) is 46.2. The van der Waals surface area contributed by atoms with Crippen LogP contribution in [0, 0.1) is 13.8 Å². The molecule has 1 amide bonds. The van der Waals surface area contributed by atoms with Gasteiger partial charge in [-0.05, 0) is 98.2 Å². The fourth-order valence-electron chi connectivity index (χ4n) is 6.37. The number of nitrogens with zero attached hydrogens (tertiary/aromatic N) is 3. The van der Waals surface area contributed by atoms with Crippen molar-refractivity contribution in [1.82, 2.24) is 25.3 Å². The van der Waals surface area contributed by atoms with Gasteiger partial charge in [-0.25, -0.2) is 9.97 Å². The minimum atomic E-state index is -0.870. The molecule has 0 unspecified atom stereocenters. The standard InChI is InChI=1S/C37H38N6O3S/c1-7-23-19(3)27-15-28-22(6)26(10-12-36(45)46)34(41-28)18-33-25(9-11-35(44)43-37-38-13-14-47-37)21(5)30(42-33)17-32-24(8-2)20(4)29(40-32)16-31(23)39-27/h7-8,15-18,39-40H,1-2,9-14H2,3-6H3,(H,45,46)(H,38,43,44). The van der Waals surface area contributed by atoms with E-state index in [0.29, 0.717) is 35.9 Å². The largest absolute Gasteiger partial charge is 0.481 e. The van der Waals surface area contributed by atoms with Crippen molar-refractivity contribution >= 4 is 85.3 Å². The molecule has 4 N–H and O–H groups in total. The van der Waals surface area contributed by atoms with Gasteiger partial charge in [0.25, 0.3) is 0 Å². The van der Waals surface area contributed by atoms with E-state index < -0.39 is 5.97 Å². The molecular weight excluding hydrogens is 609 g/mol. The highest BCUT2D eigenvalue weighted by Crippen LogP contribution is 2.38. The molecule has 0 fully saturated rings. The third kappa shape index (κ3) is 6.25. The van der Waals surface area contributed by atoms with E-state index in [2.05, 4.69) is 53.3 Å². The SMILES string of the molecule is C=Cc1c(C)c2cc3[nH]c(cc4nc(cc5nc(cc1[nH]2)C(C)=C5CCC(=O)NC1=NCCS1)C(CCC(=O)O)=C4C)c(C)c3C=C. The van der Waals surface area contributed by atoms with Gasteiger partial charge in [0, 0.05) is 51.8 Å². The molecule has 0 saturated carbocycles. The lowest BCUT2D eigenvalue weighted by molar-refractivity contribution is -0.136. The number of nitrogens with one attached hydrogen (secondary N) is 3. The minimum Gasteiger partial charge on any atom is -0.481 e. The van der Waals surface area contributed by atoms with Crippen LogP contribution in [0.1, 0.15) is 84.6 Å². The molecule has 0 saturated heterocycles. The summed E-state index contributed by atoms with van der Waals surface area (Å²) in [6.45, 7) is 17.0. The number of carbonyl (C=O) groups excluding carboxylic acids is 1. The number of carboxylic acid groups (broad SMARTS) is 1. The first-order valence-electron chi connectivity index (χ1n) is 15.7. The Morgan fingerprint density at radius 2 is 1.34 bits per heavy atom. The van der Waals surface area contributed by atoms with E-state index in [0.717, 1.165) is 83.8 Å². The summed E-state index contributed by atoms with van der Waals surface area (Å²) in [6.07, 6.45) is 4.75. The molecule has 240 valence electrons. The lowest BCUT2D eigenvalue weighted by Crippen LogP contribution is -2.27. The van der Waals surface area contributed by atoms with Crippen molar-refractivity contribution in [1.29, 1.82) is 0 Å². The van der Waals surface area contributed by atoms with Crippen LogP contribution in [-0.4, -0.2) is 54.4 Å². The molecule has 0 atom stereocenters. The maximum Gasteiger partial charge on any atom is 0.303 e. The van der Waals surface area contributed by atoms with E-state index in [1.807, 2.05) is 44.2 Å². The van der Waals surface area contributed by atoms with E-state index >= 15 is 0 Å². The second kappa shape index (κ2) is 13.0. The third-order valence-corrected chi connectivity index (χ3v) is 9.96. The van der Waals surface area contributed by atoms with Gasteiger partial charge in [-0.1, -0.05) is 37.1 Å². The molecule has 3 aromatic heterocycles. The Morgan fingerprint density at radius 3 is 1.87 bits per heavy atom. The van der Waals surface area contributed by atoms with Crippen LogP contribution in [0.3, 0.4) is 0 Å². The van der Waals surface area contributed by atoms with Crippen molar-refractivity contribution in [2.45, 2.75) is 53.4 Å². The van der Waals surface area contributed by atoms with Crippen molar-refractivity contribution in [3.63, 3.8) is 0 Å². The molecule has 0 spiro atoms. The molecule has 0 aliphatic carbocycles. The maximum atomic E-state index is 12.9. The molecular formula is C37H38N6O3S. The number of rotatable bonds is 8. The normalized spacial score (nSPS) is 14.4. The highest BCUT2D eigenvalue weighted by molar-refractivity contribution is 8.14. The van der Waals surface area contributed by atoms with Gasteiger partial charge in [0.2, 0.25) is 5.91 Å². The number of thioether (sulfide) groups is 1. The number of aromatic nitrogens is 4. The minimum absolute atomic E-state index is 0.0197. The Bertz CT molecular complexity index is 2130. The Hall–Kier alpha value is -4.96. The molecule has 0 aromatic carbocycles. The first-order chi connectivity index (χ1) is 22.6. The van der Waals surface area contributed by atoms with Crippen LogP contribution in [0.15, 0.2) is 42.4 Å². The van der Waals surface area contributed by atoms with Crippen LogP contribution in [0.5, 0.6) is 0 Å². The quantitative estimate of drug-likeness (QED) is 0.196. The Morgan fingerprint density at radius 1 is 0.809 bits per heavy atom. The summed E-state index contributed by atoms with van der Waals surface area (Å²) in [5, 5.41) is 13.2. The average molecular weight is 647 g/mol. The van der Waals surface area contributed by atoms with Crippen LogP contribution < -0.4 is 5.32 Å². The number of H-pyrrole nitrogens is 2. The number of aliphatic carboxylic acids is 1. The summed E-state index contributed by atoms with van der Waals surface area (Å²) >= 11 is 1.55. The molecule has 47 heavy (non-hydrogen) atoms. The number of amides is 1. The lowest BCUT2D eigenvalue weighted by atomic mass is 9.98. The van der Waals surface area contributed by atoms with Crippen LogP contribution in [0.4, 0.5) is 0 Å². The zero-order valence-corrected chi connectivity index (χ0v) is 28.0. The maximum absolute atomic E-state index is 12.9. The predicted molar refractivity (Wildman–Crippen MR) is 195 cm³/mol.